The first kappa shape index (κ1) is 10.8. The second-order valence-corrected chi connectivity index (χ2v) is 3.72. The Hall–Kier alpha value is -1.72. The van der Waals surface area contributed by atoms with Gasteiger partial charge in [-0.1, -0.05) is 0 Å². The van der Waals surface area contributed by atoms with Crippen LogP contribution in [0.1, 0.15) is 6.42 Å². The Bertz CT molecular complexity index is 405. The molecule has 0 spiro atoms. The van der Waals surface area contributed by atoms with E-state index < -0.39 is 16.8 Å². The molecule has 0 N–H and O–H groups in total. The smallest absolute Gasteiger partial charge is 0.269 e. The Morgan fingerprint density at radius 1 is 1.44 bits per heavy atom. The summed E-state index contributed by atoms with van der Waals surface area (Å²) in [6.45, 7) is -0.0508. The first-order valence-electron chi connectivity index (χ1n) is 4.74. The number of nitro groups is 1. The SMILES string of the molecule is O=[N+]([O-])c1ccc(OCC2CC2(F)F)cc1. The fourth-order valence-corrected chi connectivity index (χ4v) is 1.31. The van der Waals surface area contributed by atoms with E-state index in [9.17, 15) is 18.9 Å². The monoisotopic (exact) mass is 229 g/mol. The van der Waals surface area contributed by atoms with E-state index in [-0.39, 0.29) is 18.7 Å². The topological polar surface area (TPSA) is 52.4 Å². The lowest BCUT2D eigenvalue weighted by molar-refractivity contribution is -0.384. The van der Waals surface area contributed by atoms with Crippen LogP contribution in [-0.2, 0) is 0 Å². The average molecular weight is 229 g/mol. The molecule has 0 heterocycles. The highest BCUT2D eigenvalue weighted by Crippen LogP contribution is 2.48. The maximum absolute atomic E-state index is 12.5. The highest BCUT2D eigenvalue weighted by molar-refractivity contribution is 5.36. The van der Waals surface area contributed by atoms with Gasteiger partial charge in [0.05, 0.1) is 17.4 Å². The summed E-state index contributed by atoms with van der Waals surface area (Å²) in [7, 11) is 0. The van der Waals surface area contributed by atoms with Gasteiger partial charge in [-0.15, -0.1) is 0 Å². The summed E-state index contributed by atoms with van der Waals surface area (Å²) in [6, 6.07) is 5.36. The Balaban J connectivity index is 1.88. The third kappa shape index (κ3) is 2.26. The Morgan fingerprint density at radius 3 is 2.44 bits per heavy atom. The normalized spacial score (nSPS) is 21.5. The second-order valence-electron chi connectivity index (χ2n) is 3.72. The van der Waals surface area contributed by atoms with Crippen LogP contribution in [0.25, 0.3) is 0 Å². The van der Waals surface area contributed by atoms with Gasteiger partial charge in [-0.2, -0.15) is 0 Å². The molecule has 1 aliphatic rings. The predicted molar refractivity (Wildman–Crippen MR) is 51.6 cm³/mol. The highest BCUT2D eigenvalue weighted by atomic mass is 19.3. The van der Waals surface area contributed by atoms with Crippen molar-refractivity contribution in [2.45, 2.75) is 12.3 Å². The number of hydrogen-bond acceptors (Lipinski definition) is 3. The minimum atomic E-state index is -2.60. The van der Waals surface area contributed by atoms with Crippen molar-refractivity contribution in [2.24, 2.45) is 5.92 Å². The van der Waals surface area contributed by atoms with Gasteiger partial charge in [0.2, 0.25) is 0 Å². The first-order chi connectivity index (χ1) is 7.49. The van der Waals surface area contributed by atoms with E-state index in [1.807, 2.05) is 0 Å². The standard InChI is InChI=1S/C10H9F2NO3/c11-10(12)5-7(10)6-16-9-3-1-8(2-4-9)13(14)15/h1-4,7H,5-6H2. The van der Waals surface area contributed by atoms with E-state index in [1.165, 1.54) is 24.3 Å². The first-order valence-corrected chi connectivity index (χ1v) is 4.74. The molecule has 1 aliphatic carbocycles. The van der Waals surface area contributed by atoms with Crippen molar-refractivity contribution in [3.63, 3.8) is 0 Å². The summed E-state index contributed by atoms with van der Waals surface area (Å²) >= 11 is 0. The Labute approximate surface area is 90.0 Å². The van der Waals surface area contributed by atoms with Crippen molar-refractivity contribution < 1.29 is 18.4 Å². The van der Waals surface area contributed by atoms with Gasteiger partial charge in [-0.3, -0.25) is 10.1 Å². The number of non-ortho nitro benzene ring substituents is 1. The Morgan fingerprint density at radius 2 is 2.00 bits per heavy atom. The number of nitrogens with zero attached hydrogens (tertiary/aromatic N) is 1. The van der Waals surface area contributed by atoms with Crippen molar-refractivity contribution in [1.82, 2.24) is 0 Å². The van der Waals surface area contributed by atoms with Crippen LogP contribution in [0, 0.1) is 16.0 Å². The van der Waals surface area contributed by atoms with Gasteiger partial charge >= 0.3 is 0 Å². The lowest BCUT2D eigenvalue weighted by Crippen LogP contribution is -2.05. The van der Waals surface area contributed by atoms with Gasteiger partial charge in [-0.25, -0.2) is 8.78 Å². The number of nitro benzene ring substituents is 1. The number of benzene rings is 1. The number of ether oxygens (including phenoxy) is 1. The van der Waals surface area contributed by atoms with E-state index in [0.717, 1.165) is 0 Å². The van der Waals surface area contributed by atoms with Crippen LogP contribution in [0.3, 0.4) is 0 Å². The Kier molecular flexibility index (Phi) is 2.49. The molecule has 0 amide bonds. The lowest BCUT2D eigenvalue weighted by atomic mass is 10.3. The number of alkyl halides is 2. The van der Waals surface area contributed by atoms with Crippen LogP contribution < -0.4 is 4.74 Å². The molecule has 0 bridgehead atoms. The fraction of sp³-hybridized carbons (Fsp3) is 0.400. The summed E-state index contributed by atoms with van der Waals surface area (Å²) < 4.78 is 30.1. The van der Waals surface area contributed by atoms with Crippen molar-refractivity contribution >= 4 is 5.69 Å². The summed E-state index contributed by atoms with van der Waals surface area (Å²) in [6.07, 6.45) is -0.139. The molecule has 1 fully saturated rings. The summed E-state index contributed by atoms with van der Waals surface area (Å²) in [4.78, 5) is 9.81. The van der Waals surface area contributed by atoms with Gasteiger partial charge in [0.25, 0.3) is 11.6 Å². The molecule has 6 heteroatoms. The quantitative estimate of drug-likeness (QED) is 0.589. The molecule has 1 saturated carbocycles. The van der Waals surface area contributed by atoms with Crippen molar-refractivity contribution in [1.29, 1.82) is 0 Å². The predicted octanol–water partition coefficient (Wildman–Crippen LogP) is 2.63. The second kappa shape index (κ2) is 3.70. The maximum atomic E-state index is 12.5. The summed E-state index contributed by atoms with van der Waals surface area (Å²) in [5.74, 6) is -2.95. The van der Waals surface area contributed by atoms with Crippen molar-refractivity contribution in [3.05, 3.63) is 34.4 Å². The molecule has 2 rings (SSSR count). The van der Waals surface area contributed by atoms with Gasteiger partial charge < -0.3 is 4.74 Å². The van der Waals surface area contributed by atoms with E-state index in [2.05, 4.69) is 0 Å². The number of hydrogen-bond donors (Lipinski definition) is 0. The highest BCUT2D eigenvalue weighted by Gasteiger charge is 2.57. The van der Waals surface area contributed by atoms with Crippen molar-refractivity contribution in [3.8, 4) is 5.75 Å². The minimum absolute atomic E-state index is 0.0508. The largest absolute Gasteiger partial charge is 0.493 e. The zero-order chi connectivity index (χ0) is 11.8. The molecule has 0 aromatic heterocycles. The fourth-order valence-electron chi connectivity index (χ4n) is 1.31. The van der Waals surface area contributed by atoms with Gasteiger partial charge in [-0.05, 0) is 12.1 Å². The van der Waals surface area contributed by atoms with Gasteiger partial charge in [0.1, 0.15) is 5.75 Å². The van der Waals surface area contributed by atoms with E-state index in [4.69, 9.17) is 4.74 Å². The summed E-state index contributed by atoms with van der Waals surface area (Å²) in [5.41, 5.74) is -0.0518. The van der Waals surface area contributed by atoms with Crippen LogP contribution in [0.2, 0.25) is 0 Å². The summed E-state index contributed by atoms with van der Waals surface area (Å²) in [5, 5.41) is 10.3. The maximum Gasteiger partial charge on any atom is 0.269 e. The number of halogens is 2. The van der Waals surface area contributed by atoms with Crippen LogP contribution in [0.4, 0.5) is 14.5 Å². The van der Waals surface area contributed by atoms with Crippen LogP contribution in [0.15, 0.2) is 24.3 Å². The molecular weight excluding hydrogens is 220 g/mol. The minimum Gasteiger partial charge on any atom is -0.493 e. The molecule has 0 saturated heterocycles. The van der Waals surface area contributed by atoms with E-state index >= 15 is 0 Å². The van der Waals surface area contributed by atoms with Crippen LogP contribution in [-0.4, -0.2) is 17.5 Å². The molecule has 1 atom stereocenters. The molecule has 1 unspecified atom stereocenters. The van der Waals surface area contributed by atoms with E-state index in [1.54, 1.807) is 0 Å². The molecule has 16 heavy (non-hydrogen) atoms. The molecule has 4 nitrogen and oxygen atoms in total. The third-order valence-electron chi connectivity index (χ3n) is 2.45. The average Bonchev–Trinajstić information content (AvgIpc) is 2.84. The molecule has 0 radical (unpaired) electrons. The molecule has 86 valence electrons. The van der Waals surface area contributed by atoms with E-state index in [0.29, 0.717) is 5.75 Å². The van der Waals surface area contributed by atoms with Crippen molar-refractivity contribution in [2.75, 3.05) is 6.61 Å². The molecular formula is C10H9F2NO3. The lowest BCUT2D eigenvalue weighted by Gasteiger charge is -2.04. The van der Waals surface area contributed by atoms with Crippen LogP contribution >= 0.6 is 0 Å². The zero-order valence-electron chi connectivity index (χ0n) is 8.23. The molecule has 1 aromatic carbocycles. The molecule has 1 aromatic rings. The molecule has 0 aliphatic heterocycles. The van der Waals surface area contributed by atoms with Gasteiger partial charge in [0, 0.05) is 18.6 Å². The number of rotatable bonds is 4. The van der Waals surface area contributed by atoms with Crippen LogP contribution in [0.5, 0.6) is 5.75 Å². The van der Waals surface area contributed by atoms with Gasteiger partial charge in [0.15, 0.2) is 0 Å². The third-order valence-corrected chi connectivity index (χ3v) is 2.45. The zero-order valence-corrected chi connectivity index (χ0v) is 8.23.